The Bertz CT molecular complexity index is 1130. The van der Waals surface area contributed by atoms with Crippen molar-refractivity contribution in [1.29, 1.82) is 0 Å². The number of nitrogens with one attached hydrogen (secondary N) is 1. The van der Waals surface area contributed by atoms with Gasteiger partial charge in [-0.1, -0.05) is 43.6 Å². The summed E-state index contributed by atoms with van der Waals surface area (Å²) in [7, 11) is 0. The van der Waals surface area contributed by atoms with Gasteiger partial charge >= 0.3 is 6.09 Å². The Morgan fingerprint density at radius 1 is 1.25 bits per heavy atom. The molecule has 0 aliphatic carbocycles. The van der Waals surface area contributed by atoms with Gasteiger partial charge in [-0.2, -0.15) is 0 Å². The lowest BCUT2D eigenvalue weighted by atomic mass is 10.0. The summed E-state index contributed by atoms with van der Waals surface area (Å²) in [5, 5.41) is 3.16. The SMILES string of the molecule is CC(C)C[C@H](NC(=O)Cc1cnc(N2CCC(N3C(=O)OCc4ccccc43)CC2)c(Cl)c1)C(N)=O. The van der Waals surface area contributed by atoms with Crippen molar-refractivity contribution >= 4 is 41.0 Å². The molecule has 1 atom stereocenters. The van der Waals surface area contributed by atoms with Crippen LogP contribution in [0.15, 0.2) is 36.5 Å². The first kappa shape index (κ1) is 25.8. The van der Waals surface area contributed by atoms with E-state index in [0.717, 1.165) is 24.1 Å². The fraction of sp³-hybridized carbons (Fsp3) is 0.462. The second-order valence-corrected chi connectivity index (χ2v) is 10.2. The largest absolute Gasteiger partial charge is 0.444 e. The maximum Gasteiger partial charge on any atom is 0.414 e. The van der Waals surface area contributed by atoms with Crippen molar-refractivity contribution in [2.45, 2.75) is 58.2 Å². The number of hydrogen-bond acceptors (Lipinski definition) is 6. The number of carbonyl (C=O) groups is 3. The summed E-state index contributed by atoms with van der Waals surface area (Å²) < 4.78 is 5.38. The number of ether oxygens (including phenoxy) is 1. The summed E-state index contributed by atoms with van der Waals surface area (Å²) in [4.78, 5) is 45.0. The number of benzene rings is 1. The molecule has 0 spiro atoms. The highest BCUT2D eigenvalue weighted by Gasteiger charge is 2.34. The fourth-order valence-electron chi connectivity index (χ4n) is 4.80. The van der Waals surface area contributed by atoms with Gasteiger partial charge in [0.25, 0.3) is 0 Å². The smallest absolute Gasteiger partial charge is 0.414 e. The Balaban J connectivity index is 1.36. The van der Waals surface area contributed by atoms with Gasteiger partial charge in [0.1, 0.15) is 18.5 Å². The highest BCUT2D eigenvalue weighted by Crippen LogP contribution is 2.33. The van der Waals surface area contributed by atoms with E-state index in [-0.39, 0.29) is 30.4 Å². The van der Waals surface area contributed by atoms with Gasteiger partial charge in [-0.25, -0.2) is 9.78 Å². The Labute approximate surface area is 215 Å². The number of carbonyl (C=O) groups excluding carboxylic acids is 3. The first-order valence-corrected chi connectivity index (χ1v) is 12.6. The molecule has 4 rings (SSSR count). The molecular formula is C26H32ClN5O4. The van der Waals surface area contributed by atoms with Crippen LogP contribution < -0.4 is 20.9 Å². The van der Waals surface area contributed by atoms with E-state index in [9.17, 15) is 14.4 Å². The molecule has 2 aliphatic rings. The van der Waals surface area contributed by atoms with Crippen LogP contribution in [-0.4, -0.2) is 48.1 Å². The van der Waals surface area contributed by atoms with Crippen LogP contribution in [0.4, 0.5) is 16.3 Å². The molecule has 1 aromatic carbocycles. The van der Waals surface area contributed by atoms with Crippen molar-refractivity contribution in [3.8, 4) is 0 Å². The molecular weight excluding hydrogens is 482 g/mol. The molecule has 36 heavy (non-hydrogen) atoms. The van der Waals surface area contributed by atoms with Crippen molar-refractivity contribution in [2.24, 2.45) is 11.7 Å². The third kappa shape index (κ3) is 5.90. The van der Waals surface area contributed by atoms with Crippen molar-refractivity contribution in [2.75, 3.05) is 22.9 Å². The van der Waals surface area contributed by atoms with Crippen LogP contribution in [0.5, 0.6) is 0 Å². The maximum atomic E-state index is 12.5. The average molecular weight is 514 g/mol. The van der Waals surface area contributed by atoms with Gasteiger partial charge in [0.15, 0.2) is 0 Å². The van der Waals surface area contributed by atoms with E-state index in [1.54, 1.807) is 17.2 Å². The van der Waals surface area contributed by atoms with Crippen molar-refractivity contribution in [1.82, 2.24) is 10.3 Å². The standard InChI is InChI=1S/C26H32ClN5O4/c1-16(2)11-21(24(28)34)30-23(33)13-17-12-20(27)25(29-14-17)31-9-7-19(8-10-31)32-22-6-4-3-5-18(22)15-36-26(32)35/h3-6,12,14,16,19,21H,7-11,13,15H2,1-2H3,(H2,28,34)(H,30,33)/t21-/m0/s1. The Hall–Kier alpha value is -3.33. The molecule has 3 amide bonds. The van der Waals surface area contributed by atoms with Crippen LogP contribution >= 0.6 is 11.6 Å². The van der Waals surface area contributed by atoms with Crippen LogP contribution in [0.2, 0.25) is 5.02 Å². The number of pyridine rings is 1. The van der Waals surface area contributed by atoms with E-state index in [0.29, 0.717) is 42.5 Å². The molecule has 0 saturated carbocycles. The van der Waals surface area contributed by atoms with Crippen LogP contribution in [0.3, 0.4) is 0 Å². The van der Waals surface area contributed by atoms with Gasteiger partial charge in [-0.15, -0.1) is 0 Å². The zero-order valence-corrected chi connectivity index (χ0v) is 21.3. The van der Waals surface area contributed by atoms with Gasteiger partial charge < -0.3 is 20.7 Å². The molecule has 3 heterocycles. The number of amides is 3. The molecule has 1 saturated heterocycles. The van der Waals surface area contributed by atoms with E-state index < -0.39 is 11.9 Å². The number of aromatic nitrogens is 1. The van der Waals surface area contributed by atoms with Gasteiger partial charge in [0.2, 0.25) is 11.8 Å². The number of rotatable bonds is 8. The number of primary amides is 1. The summed E-state index contributed by atoms with van der Waals surface area (Å²) in [5.74, 6) is 0.0150. The average Bonchev–Trinajstić information content (AvgIpc) is 2.83. The van der Waals surface area contributed by atoms with Crippen LogP contribution in [0.1, 0.15) is 44.2 Å². The molecule has 192 valence electrons. The lowest BCUT2D eigenvalue weighted by Crippen LogP contribution is -2.49. The van der Waals surface area contributed by atoms with Crippen LogP contribution in [0, 0.1) is 5.92 Å². The van der Waals surface area contributed by atoms with E-state index in [1.807, 2.05) is 38.1 Å². The van der Waals surface area contributed by atoms with E-state index in [2.05, 4.69) is 15.2 Å². The number of nitrogens with two attached hydrogens (primary N) is 1. The highest BCUT2D eigenvalue weighted by atomic mass is 35.5. The maximum absolute atomic E-state index is 12.5. The number of para-hydroxylation sites is 1. The third-order valence-electron chi connectivity index (χ3n) is 6.56. The number of cyclic esters (lactones) is 1. The number of piperidine rings is 1. The molecule has 9 nitrogen and oxygen atoms in total. The summed E-state index contributed by atoms with van der Waals surface area (Å²) >= 11 is 6.55. The van der Waals surface area contributed by atoms with Gasteiger partial charge in [-0.3, -0.25) is 14.5 Å². The monoisotopic (exact) mass is 513 g/mol. The summed E-state index contributed by atoms with van der Waals surface area (Å²) in [5.41, 5.74) is 7.99. The number of anilines is 2. The van der Waals surface area contributed by atoms with Crippen molar-refractivity contribution in [3.05, 3.63) is 52.7 Å². The molecule has 10 heteroatoms. The molecule has 2 aliphatic heterocycles. The quantitative estimate of drug-likeness (QED) is 0.558. The van der Waals surface area contributed by atoms with E-state index in [4.69, 9.17) is 22.1 Å². The first-order valence-electron chi connectivity index (χ1n) is 12.2. The first-order chi connectivity index (χ1) is 17.2. The second kappa shape index (κ2) is 11.2. The Morgan fingerprint density at radius 2 is 1.97 bits per heavy atom. The van der Waals surface area contributed by atoms with E-state index in [1.165, 1.54) is 0 Å². The van der Waals surface area contributed by atoms with Crippen molar-refractivity contribution in [3.63, 3.8) is 0 Å². The lowest BCUT2D eigenvalue weighted by Gasteiger charge is -2.40. The predicted molar refractivity (Wildman–Crippen MR) is 138 cm³/mol. The van der Waals surface area contributed by atoms with Gasteiger partial charge in [-0.05, 0) is 42.9 Å². The van der Waals surface area contributed by atoms with Gasteiger partial charge in [0, 0.05) is 30.9 Å². The van der Waals surface area contributed by atoms with Crippen LogP contribution in [0.25, 0.3) is 0 Å². The highest BCUT2D eigenvalue weighted by molar-refractivity contribution is 6.33. The molecule has 0 unspecified atom stereocenters. The molecule has 2 aromatic rings. The Kier molecular flexibility index (Phi) is 7.98. The molecule has 0 radical (unpaired) electrons. The van der Waals surface area contributed by atoms with E-state index >= 15 is 0 Å². The zero-order chi connectivity index (χ0) is 25.8. The topological polar surface area (TPSA) is 118 Å². The summed E-state index contributed by atoms with van der Waals surface area (Å²) in [6, 6.07) is 8.88. The fourth-order valence-corrected chi connectivity index (χ4v) is 5.11. The van der Waals surface area contributed by atoms with Crippen molar-refractivity contribution < 1.29 is 19.1 Å². The van der Waals surface area contributed by atoms with Crippen LogP contribution in [-0.2, 0) is 27.4 Å². The molecule has 3 N–H and O–H groups in total. The minimum atomic E-state index is -0.703. The predicted octanol–water partition coefficient (Wildman–Crippen LogP) is 3.42. The summed E-state index contributed by atoms with van der Waals surface area (Å²) in [6.07, 6.45) is 3.35. The normalized spacial score (nSPS) is 16.9. The minimum absolute atomic E-state index is 0.0287. The number of halogens is 1. The van der Waals surface area contributed by atoms with Gasteiger partial charge in [0.05, 0.1) is 17.1 Å². The molecule has 1 fully saturated rings. The minimum Gasteiger partial charge on any atom is -0.444 e. The molecule has 1 aromatic heterocycles. The third-order valence-corrected chi connectivity index (χ3v) is 6.84. The number of nitrogens with zero attached hydrogens (tertiary/aromatic N) is 3. The Morgan fingerprint density at radius 3 is 2.64 bits per heavy atom. The summed E-state index contributed by atoms with van der Waals surface area (Å²) in [6.45, 7) is 5.58. The lowest BCUT2D eigenvalue weighted by molar-refractivity contribution is -0.127. The zero-order valence-electron chi connectivity index (χ0n) is 20.6. The second-order valence-electron chi connectivity index (χ2n) is 9.75. The number of hydrogen-bond donors (Lipinski definition) is 2. The molecule has 0 bridgehead atoms. The number of fused-ring (bicyclic) bond motifs is 1.